The molecule has 0 heterocycles. The molecule has 0 aromatic heterocycles. The van der Waals surface area contributed by atoms with Gasteiger partial charge in [0.1, 0.15) is 11.6 Å². The van der Waals surface area contributed by atoms with E-state index in [1.54, 1.807) is 37.3 Å². The summed E-state index contributed by atoms with van der Waals surface area (Å²) in [5, 5.41) is 3.96. The number of carbonyl (C=O) groups excluding carboxylic acids is 1. The fourth-order valence-electron chi connectivity index (χ4n) is 3.51. The fourth-order valence-corrected chi connectivity index (χ4v) is 3.51. The van der Waals surface area contributed by atoms with Crippen LogP contribution < -0.4 is 10.1 Å². The summed E-state index contributed by atoms with van der Waals surface area (Å²) in [6, 6.07) is 20.5. The molecule has 0 unspecified atom stereocenters. The van der Waals surface area contributed by atoms with Crippen LogP contribution in [0.1, 0.15) is 15.9 Å². The third-order valence-corrected chi connectivity index (χ3v) is 4.94. The lowest BCUT2D eigenvalue weighted by molar-refractivity contribution is -0.274. The number of rotatable bonds is 4. The molecule has 3 nitrogen and oxygen atoms in total. The zero-order valence-corrected chi connectivity index (χ0v) is 16.8. The van der Waals surface area contributed by atoms with Crippen LogP contribution >= 0.6 is 0 Å². The summed E-state index contributed by atoms with van der Waals surface area (Å²) in [5.74, 6) is -1.31. The van der Waals surface area contributed by atoms with Crippen LogP contribution in [0.4, 0.5) is 23.2 Å². The number of amides is 1. The SMILES string of the molecule is Cc1ccc(NC(=O)c2cccc3c(-c4ccc(OC(F)(F)F)cc4)cccc23)c(F)c1. The molecular formula is C25H17F4NO2. The molecule has 0 radical (unpaired) electrons. The first-order valence-corrected chi connectivity index (χ1v) is 9.67. The highest BCUT2D eigenvalue weighted by Crippen LogP contribution is 2.33. The predicted octanol–water partition coefficient (Wildman–Crippen LogP) is 7.11. The molecule has 1 N–H and O–H groups in total. The summed E-state index contributed by atoms with van der Waals surface area (Å²) in [6.07, 6.45) is -4.76. The number of hydrogen-bond donors (Lipinski definition) is 1. The number of nitrogens with one attached hydrogen (secondary N) is 1. The van der Waals surface area contributed by atoms with E-state index in [4.69, 9.17) is 0 Å². The summed E-state index contributed by atoms with van der Waals surface area (Å²) in [7, 11) is 0. The minimum Gasteiger partial charge on any atom is -0.406 e. The number of aryl methyl sites for hydroxylation is 1. The van der Waals surface area contributed by atoms with Crippen LogP contribution in [0, 0.1) is 12.7 Å². The summed E-state index contributed by atoms with van der Waals surface area (Å²) in [5.41, 5.74) is 2.56. The second kappa shape index (κ2) is 8.34. The van der Waals surface area contributed by atoms with Crippen molar-refractivity contribution in [1.29, 1.82) is 0 Å². The molecule has 7 heteroatoms. The van der Waals surface area contributed by atoms with Gasteiger partial charge >= 0.3 is 6.36 Å². The maximum absolute atomic E-state index is 14.2. The van der Waals surface area contributed by atoms with E-state index in [0.29, 0.717) is 16.5 Å². The van der Waals surface area contributed by atoms with Gasteiger partial charge in [-0.3, -0.25) is 4.79 Å². The van der Waals surface area contributed by atoms with Gasteiger partial charge in [0.2, 0.25) is 0 Å². The van der Waals surface area contributed by atoms with Crippen molar-refractivity contribution < 1.29 is 27.1 Å². The van der Waals surface area contributed by atoms with Crippen molar-refractivity contribution in [3.63, 3.8) is 0 Å². The van der Waals surface area contributed by atoms with Gasteiger partial charge < -0.3 is 10.1 Å². The maximum Gasteiger partial charge on any atom is 0.573 e. The summed E-state index contributed by atoms with van der Waals surface area (Å²) >= 11 is 0. The van der Waals surface area contributed by atoms with E-state index in [2.05, 4.69) is 10.1 Å². The maximum atomic E-state index is 14.2. The average molecular weight is 439 g/mol. The topological polar surface area (TPSA) is 38.3 Å². The number of carbonyl (C=O) groups is 1. The summed E-state index contributed by atoms with van der Waals surface area (Å²) < 4.78 is 55.3. The lowest BCUT2D eigenvalue weighted by atomic mass is 9.95. The van der Waals surface area contributed by atoms with E-state index >= 15 is 0 Å². The number of benzene rings is 4. The minimum atomic E-state index is -4.76. The number of fused-ring (bicyclic) bond motifs is 1. The van der Waals surface area contributed by atoms with Crippen molar-refractivity contribution in [2.45, 2.75) is 13.3 Å². The molecule has 1 amide bonds. The molecule has 162 valence electrons. The van der Waals surface area contributed by atoms with Gasteiger partial charge in [0.25, 0.3) is 5.91 Å². The Hall–Kier alpha value is -3.87. The number of anilines is 1. The van der Waals surface area contributed by atoms with Gasteiger partial charge in [0, 0.05) is 5.56 Å². The van der Waals surface area contributed by atoms with Gasteiger partial charge in [-0.05, 0) is 64.7 Å². The molecule has 0 aliphatic rings. The molecule has 0 bridgehead atoms. The lowest BCUT2D eigenvalue weighted by Crippen LogP contribution is -2.16. The Morgan fingerprint density at radius 3 is 2.25 bits per heavy atom. The van der Waals surface area contributed by atoms with Crippen LogP contribution in [-0.2, 0) is 0 Å². The van der Waals surface area contributed by atoms with Crippen LogP contribution in [0.2, 0.25) is 0 Å². The minimum absolute atomic E-state index is 0.0778. The summed E-state index contributed by atoms with van der Waals surface area (Å²) in [6.45, 7) is 1.75. The molecule has 0 fully saturated rings. The molecule has 0 spiro atoms. The van der Waals surface area contributed by atoms with Crippen molar-refractivity contribution in [3.05, 3.63) is 95.8 Å². The monoisotopic (exact) mass is 439 g/mol. The van der Waals surface area contributed by atoms with Crippen molar-refractivity contribution >= 4 is 22.4 Å². The average Bonchev–Trinajstić information content (AvgIpc) is 2.74. The third-order valence-electron chi connectivity index (χ3n) is 4.94. The molecule has 0 aliphatic heterocycles. The Balaban J connectivity index is 1.69. The predicted molar refractivity (Wildman–Crippen MR) is 115 cm³/mol. The lowest BCUT2D eigenvalue weighted by Gasteiger charge is -2.13. The third kappa shape index (κ3) is 4.56. The fraction of sp³-hybridized carbons (Fsp3) is 0.0800. The van der Waals surface area contributed by atoms with Crippen molar-refractivity contribution in [2.24, 2.45) is 0 Å². The van der Waals surface area contributed by atoms with Gasteiger partial charge in [0.05, 0.1) is 5.69 Å². The van der Waals surface area contributed by atoms with Crippen molar-refractivity contribution in [2.75, 3.05) is 5.32 Å². The standard InChI is InChI=1S/C25H17F4NO2/c1-15-8-13-23(22(26)14-15)30-24(31)21-7-3-5-19-18(4-2-6-20(19)21)16-9-11-17(12-10-16)32-25(27,28)29/h2-14H,1H3,(H,30,31). The molecule has 4 aromatic carbocycles. The molecular weight excluding hydrogens is 422 g/mol. The molecule has 0 atom stereocenters. The highest BCUT2D eigenvalue weighted by Gasteiger charge is 2.31. The van der Waals surface area contributed by atoms with Gasteiger partial charge in [-0.2, -0.15) is 0 Å². The van der Waals surface area contributed by atoms with E-state index in [9.17, 15) is 22.4 Å². The first-order chi connectivity index (χ1) is 15.2. The second-order valence-electron chi connectivity index (χ2n) is 7.22. The second-order valence-corrected chi connectivity index (χ2v) is 7.22. The zero-order chi connectivity index (χ0) is 22.9. The van der Waals surface area contributed by atoms with Crippen LogP contribution in [0.3, 0.4) is 0 Å². The van der Waals surface area contributed by atoms with E-state index in [0.717, 1.165) is 16.5 Å². The largest absolute Gasteiger partial charge is 0.573 e. The van der Waals surface area contributed by atoms with Crippen LogP contribution in [0.15, 0.2) is 78.9 Å². The Kier molecular flexibility index (Phi) is 5.57. The smallest absolute Gasteiger partial charge is 0.406 e. The highest BCUT2D eigenvalue weighted by molar-refractivity contribution is 6.15. The van der Waals surface area contributed by atoms with Crippen molar-refractivity contribution in [3.8, 4) is 16.9 Å². The first kappa shape index (κ1) is 21.4. The molecule has 4 rings (SSSR count). The Morgan fingerprint density at radius 1 is 0.875 bits per heavy atom. The Labute approximate surface area is 181 Å². The number of ether oxygens (including phenoxy) is 1. The van der Waals surface area contributed by atoms with Crippen LogP contribution in [0.5, 0.6) is 5.75 Å². The highest BCUT2D eigenvalue weighted by atomic mass is 19.4. The number of alkyl halides is 3. The van der Waals surface area contributed by atoms with E-state index in [-0.39, 0.29) is 11.4 Å². The van der Waals surface area contributed by atoms with Gasteiger partial charge in [-0.25, -0.2) is 4.39 Å². The quantitative estimate of drug-likeness (QED) is 0.344. The Bertz CT molecular complexity index is 1300. The normalized spacial score (nSPS) is 11.4. The zero-order valence-electron chi connectivity index (χ0n) is 16.8. The van der Waals surface area contributed by atoms with E-state index < -0.39 is 18.1 Å². The number of hydrogen-bond acceptors (Lipinski definition) is 2. The van der Waals surface area contributed by atoms with E-state index in [1.165, 1.54) is 36.4 Å². The molecule has 0 aliphatic carbocycles. The van der Waals surface area contributed by atoms with Crippen molar-refractivity contribution in [1.82, 2.24) is 0 Å². The van der Waals surface area contributed by atoms with Gasteiger partial charge in [0.15, 0.2) is 0 Å². The van der Waals surface area contributed by atoms with Crippen LogP contribution in [-0.4, -0.2) is 12.3 Å². The summed E-state index contributed by atoms with van der Waals surface area (Å²) in [4.78, 5) is 12.9. The van der Waals surface area contributed by atoms with Crippen LogP contribution in [0.25, 0.3) is 21.9 Å². The molecule has 0 saturated carbocycles. The Morgan fingerprint density at radius 2 is 1.56 bits per heavy atom. The molecule has 0 saturated heterocycles. The molecule has 4 aromatic rings. The van der Waals surface area contributed by atoms with E-state index in [1.807, 2.05) is 12.1 Å². The van der Waals surface area contributed by atoms with Gasteiger partial charge in [-0.1, -0.05) is 48.5 Å². The number of halogens is 4. The molecule has 32 heavy (non-hydrogen) atoms. The first-order valence-electron chi connectivity index (χ1n) is 9.67. The van der Waals surface area contributed by atoms with Gasteiger partial charge in [-0.15, -0.1) is 13.2 Å².